The van der Waals surface area contributed by atoms with E-state index < -0.39 is 41.8 Å². The molecule has 4 N–H and O–H groups in total. The van der Waals surface area contributed by atoms with Gasteiger partial charge >= 0.3 is 12.2 Å². The van der Waals surface area contributed by atoms with E-state index in [1.54, 1.807) is 29.1 Å². The van der Waals surface area contributed by atoms with Crippen LogP contribution in [0, 0.1) is 5.92 Å². The van der Waals surface area contributed by atoms with Crippen LogP contribution >= 0.6 is 0 Å². The fourth-order valence-electron chi connectivity index (χ4n) is 8.89. The van der Waals surface area contributed by atoms with Gasteiger partial charge in [-0.05, 0) is 68.1 Å². The van der Waals surface area contributed by atoms with Crippen molar-refractivity contribution in [2.45, 2.75) is 108 Å². The molecular formula is C43H52F2N8O6. The number of ether oxygens (including phenoxy) is 2. The molecule has 1 spiro atoms. The lowest BCUT2D eigenvalue weighted by Gasteiger charge is -2.46. The van der Waals surface area contributed by atoms with Crippen LogP contribution in [-0.4, -0.2) is 98.0 Å². The highest BCUT2D eigenvalue weighted by atomic mass is 19.3. The summed E-state index contributed by atoms with van der Waals surface area (Å²) in [7, 11) is 2.50. The minimum atomic E-state index is -2.77. The van der Waals surface area contributed by atoms with E-state index in [0.717, 1.165) is 40.8 Å². The van der Waals surface area contributed by atoms with Crippen LogP contribution < -0.4 is 10.6 Å². The number of nitrogens with one attached hydrogen (secondary N) is 4. The van der Waals surface area contributed by atoms with Gasteiger partial charge in [-0.25, -0.2) is 28.3 Å². The summed E-state index contributed by atoms with van der Waals surface area (Å²) in [4.78, 5) is 71.1. The Morgan fingerprint density at radius 1 is 0.780 bits per heavy atom. The molecular weight excluding hydrogens is 763 g/mol. The number of amides is 4. The number of hydrogen-bond acceptors (Lipinski definition) is 8. The summed E-state index contributed by atoms with van der Waals surface area (Å²) in [5.41, 5.74) is 4.57. The molecule has 3 fully saturated rings. The Hall–Kier alpha value is -5.80. The van der Waals surface area contributed by atoms with Crippen molar-refractivity contribution >= 4 is 24.0 Å². The highest BCUT2D eigenvalue weighted by molar-refractivity contribution is 5.87. The Kier molecular flexibility index (Phi) is 11.8. The predicted molar refractivity (Wildman–Crippen MR) is 215 cm³/mol. The number of alkyl halides is 2. The van der Waals surface area contributed by atoms with Gasteiger partial charge in [-0.1, -0.05) is 62.4 Å². The SMILES string of the molecule is COC(=O)NC(C)C(=O)N1C(c2nc(-c3ccc(-c4ccc(-c5cnc([C@@H]6CCCN6C(=O)[C@@H](NC(=O)OC)C(C)C)[nH]5)cc4)cc3)c[nH]2)CCC12CCC(F)(F)CC2. The number of nitrogens with zero attached hydrogens (tertiary/aromatic N) is 4. The number of rotatable bonds is 10. The molecule has 1 saturated carbocycles. The van der Waals surface area contributed by atoms with E-state index in [2.05, 4.69) is 25.6 Å². The van der Waals surface area contributed by atoms with E-state index in [4.69, 9.17) is 14.5 Å². The number of carbonyl (C=O) groups excluding carboxylic acids is 4. The highest BCUT2D eigenvalue weighted by Gasteiger charge is 2.55. The van der Waals surface area contributed by atoms with E-state index in [1.807, 2.05) is 62.4 Å². The maximum atomic E-state index is 14.3. The third-order valence-electron chi connectivity index (χ3n) is 12.2. The fourth-order valence-corrected chi connectivity index (χ4v) is 8.89. The van der Waals surface area contributed by atoms with Crippen LogP contribution in [0.5, 0.6) is 0 Å². The summed E-state index contributed by atoms with van der Waals surface area (Å²) in [5, 5.41) is 5.23. The van der Waals surface area contributed by atoms with Crippen LogP contribution in [0.1, 0.15) is 95.9 Å². The van der Waals surface area contributed by atoms with E-state index in [0.29, 0.717) is 36.7 Å². The average Bonchev–Trinajstić information content (AvgIpc) is 4.07. The van der Waals surface area contributed by atoms with Crippen LogP contribution in [0.3, 0.4) is 0 Å². The molecule has 14 nitrogen and oxygen atoms in total. The van der Waals surface area contributed by atoms with Gasteiger partial charge in [-0.15, -0.1) is 0 Å². The number of aromatic amines is 2. The lowest BCUT2D eigenvalue weighted by Crippen LogP contribution is -2.56. The number of hydrogen-bond donors (Lipinski definition) is 4. The normalized spacial score (nSPS) is 20.7. The summed E-state index contributed by atoms with van der Waals surface area (Å²) < 4.78 is 38.1. The second kappa shape index (κ2) is 16.8. The summed E-state index contributed by atoms with van der Waals surface area (Å²) in [5.74, 6) is -2.14. The minimum Gasteiger partial charge on any atom is -0.453 e. The molecule has 2 aromatic heterocycles. The minimum absolute atomic E-state index is 0.124. The molecule has 2 aromatic carbocycles. The molecule has 4 aromatic rings. The molecule has 7 rings (SSSR count). The van der Waals surface area contributed by atoms with Crippen molar-refractivity contribution in [2.75, 3.05) is 20.8 Å². The van der Waals surface area contributed by atoms with Crippen LogP contribution in [0.4, 0.5) is 18.4 Å². The van der Waals surface area contributed by atoms with Crippen molar-refractivity contribution in [3.63, 3.8) is 0 Å². The van der Waals surface area contributed by atoms with Crippen molar-refractivity contribution in [1.82, 2.24) is 40.4 Å². The van der Waals surface area contributed by atoms with Crippen molar-refractivity contribution in [3.05, 3.63) is 72.6 Å². The molecule has 0 radical (unpaired) electrons. The topological polar surface area (TPSA) is 175 Å². The van der Waals surface area contributed by atoms with Gasteiger partial charge in [0.2, 0.25) is 17.7 Å². The number of benzene rings is 2. The summed E-state index contributed by atoms with van der Waals surface area (Å²) >= 11 is 0. The van der Waals surface area contributed by atoms with Crippen LogP contribution in [-0.2, 0) is 19.1 Å². The number of halogens is 2. The monoisotopic (exact) mass is 814 g/mol. The molecule has 0 bridgehead atoms. The lowest BCUT2D eigenvalue weighted by molar-refractivity contribution is -0.146. The van der Waals surface area contributed by atoms with Crippen LogP contribution in [0.25, 0.3) is 33.6 Å². The maximum Gasteiger partial charge on any atom is 0.407 e. The fraction of sp³-hybridized carbons (Fsp3) is 0.488. The third-order valence-corrected chi connectivity index (χ3v) is 12.2. The first-order valence-electron chi connectivity index (χ1n) is 20.2. The van der Waals surface area contributed by atoms with Crippen molar-refractivity contribution in [3.8, 4) is 33.6 Å². The average molecular weight is 815 g/mol. The zero-order chi connectivity index (χ0) is 42.1. The molecule has 4 heterocycles. The molecule has 314 valence electrons. The van der Waals surface area contributed by atoms with E-state index >= 15 is 0 Å². The summed E-state index contributed by atoms with van der Waals surface area (Å²) in [6.07, 6.45) is 4.63. The van der Waals surface area contributed by atoms with E-state index in [-0.39, 0.29) is 49.5 Å². The smallest absolute Gasteiger partial charge is 0.407 e. The maximum absolute atomic E-state index is 14.3. The highest BCUT2D eigenvalue weighted by Crippen LogP contribution is 2.52. The Bertz CT molecular complexity index is 2140. The Morgan fingerprint density at radius 2 is 1.39 bits per heavy atom. The number of likely N-dealkylation sites (tertiary alicyclic amines) is 2. The lowest BCUT2D eigenvalue weighted by atomic mass is 9.78. The second-order valence-electron chi connectivity index (χ2n) is 16.3. The molecule has 2 aliphatic heterocycles. The number of alkyl carbamates (subject to hydrolysis) is 2. The number of aromatic nitrogens is 4. The molecule has 2 saturated heterocycles. The number of imidazole rings is 2. The number of methoxy groups -OCH3 is 2. The predicted octanol–water partition coefficient (Wildman–Crippen LogP) is 7.53. The Balaban J connectivity index is 1.03. The Morgan fingerprint density at radius 3 is 2.02 bits per heavy atom. The summed E-state index contributed by atoms with van der Waals surface area (Å²) in [6.45, 7) is 5.92. The zero-order valence-corrected chi connectivity index (χ0v) is 34.0. The van der Waals surface area contributed by atoms with Crippen LogP contribution in [0.2, 0.25) is 0 Å². The van der Waals surface area contributed by atoms with Crippen molar-refractivity contribution < 1.29 is 37.4 Å². The van der Waals surface area contributed by atoms with E-state index in [9.17, 15) is 28.0 Å². The molecule has 4 atom stereocenters. The first-order valence-corrected chi connectivity index (χ1v) is 20.2. The van der Waals surface area contributed by atoms with Crippen molar-refractivity contribution in [2.24, 2.45) is 5.92 Å². The Labute approximate surface area is 341 Å². The number of carbonyl (C=O) groups is 4. The van der Waals surface area contributed by atoms with Gasteiger partial charge in [-0.3, -0.25) is 9.59 Å². The molecule has 1 aliphatic carbocycles. The summed E-state index contributed by atoms with van der Waals surface area (Å²) in [6, 6.07) is 13.8. The van der Waals surface area contributed by atoms with Gasteiger partial charge in [-0.2, -0.15) is 0 Å². The first-order chi connectivity index (χ1) is 28.2. The van der Waals surface area contributed by atoms with Crippen molar-refractivity contribution in [1.29, 1.82) is 0 Å². The molecule has 3 aliphatic rings. The molecule has 16 heteroatoms. The molecule has 2 unspecified atom stereocenters. The van der Waals surface area contributed by atoms with Gasteiger partial charge in [0.1, 0.15) is 23.7 Å². The zero-order valence-electron chi connectivity index (χ0n) is 34.0. The second-order valence-corrected chi connectivity index (χ2v) is 16.3. The van der Waals surface area contributed by atoms with Crippen LogP contribution in [0.15, 0.2) is 60.9 Å². The van der Waals surface area contributed by atoms with Gasteiger partial charge in [0.25, 0.3) is 0 Å². The quantitative estimate of drug-likeness (QED) is 0.127. The standard InChI is InChI=1S/C43H52F2N8O6/c1-25(2)35(51-41(57)59-5)39(55)52-22-6-7-33(52)36-46-23-31(49-36)29-12-8-27(9-13-29)28-10-14-30(15-11-28)32-24-47-37(50-32)34-16-17-42(18-20-43(44,45)21-19-42)53(34)38(54)26(3)48-40(56)58-4/h8-15,23-26,33-35H,6-7,16-22H2,1-5H3,(H,46,49)(H,47,50)(H,48,56)(H,51,57)/t26?,33-,34?,35-/m0/s1. The van der Waals surface area contributed by atoms with Gasteiger partial charge < -0.3 is 39.9 Å². The van der Waals surface area contributed by atoms with Gasteiger partial charge in [0.05, 0.1) is 43.9 Å². The third kappa shape index (κ3) is 8.53. The molecule has 4 amide bonds. The van der Waals surface area contributed by atoms with Gasteiger partial charge in [0, 0.05) is 36.7 Å². The largest absolute Gasteiger partial charge is 0.453 e. The van der Waals surface area contributed by atoms with Gasteiger partial charge in [0.15, 0.2) is 0 Å². The number of H-pyrrole nitrogens is 2. The molecule has 59 heavy (non-hydrogen) atoms. The first kappa shape index (κ1) is 41.4. The van der Waals surface area contributed by atoms with E-state index in [1.165, 1.54) is 14.2 Å².